The van der Waals surface area contributed by atoms with E-state index in [9.17, 15) is 18.0 Å². The van der Waals surface area contributed by atoms with E-state index in [-0.39, 0.29) is 22.6 Å². The van der Waals surface area contributed by atoms with Crippen LogP contribution in [-0.4, -0.2) is 44.8 Å². The van der Waals surface area contributed by atoms with Crippen molar-refractivity contribution in [1.82, 2.24) is 10.2 Å². The predicted molar refractivity (Wildman–Crippen MR) is 139 cm³/mol. The molecule has 0 bridgehead atoms. The number of piperidine rings is 1. The Morgan fingerprint density at radius 2 is 1.66 bits per heavy atom. The first kappa shape index (κ1) is 26.7. The Kier molecular flexibility index (Phi) is 8.94. The molecule has 1 aliphatic heterocycles. The highest BCUT2D eigenvalue weighted by molar-refractivity contribution is 7.92. The molecule has 1 saturated heterocycles. The smallest absolute Gasteiger partial charge is 0.261 e. The van der Waals surface area contributed by atoms with Gasteiger partial charge < -0.3 is 10.2 Å². The van der Waals surface area contributed by atoms with E-state index >= 15 is 0 Å². The van der Waals surface area contributed by atoms with Crippen LogP contribution in [0.1, 0.15) is 68.8 Å². The third kappa shape index (κ3) is 7.31. The lowest BCUT2D eigenvalue weighted by Crippen LogP contribution is -2.43. The maximum atomic E-state index is 13.1. The number of nitrogens with zero attached hydrogens (tertiary/aromatic N) is 1. The molecule has 190 valence electrons. The largest absolute Gasteiger partial charge is 0.356 e. The molecule has 0 unspecified atom stereocenters. The molecule has 1 aliphatic rings. The summed E-state index contributed by atoms with van der Waals surface area (Å²) in [5.74, 6) is 0.681. The van der Waals surface area contributed by atoms with Crippen molar-refractivity contribution in [3.63, 3.8) is 0 Å². The van der Waals surface area contributed by atoms with Gasteiger partial charge in [0.05, 0.1) is 4.90 Å². The minimum absolute atomic E-state index is 0.0654. The summed E-state index contributed by atoms with van der Waals surface area (Å²) in [6, 6.07) is 13.4. The molecule has 0 radical (unpaired) electrons. The van der Waals surface area contributed by atoms with E-state index in [2.05, 4.69) is 37.7 Å². The monoisotopic (exact) mass is 499 g/mol. The van der Waals surface area contributed by atoms with Crippen LogP contribution in [0.2, 0.25) is 0 Å². The van der Waals surface area contributed by atoms with Gasteiger partial charge in [-0.15, -0.1) is 0 Å². The second-order valence-corrected chi connectivity index (χ2v) is 11.6. The number of anilines is 1. The van der Waals surface area contributed by atoms with E-state index in [0.717, 1.165) is 12.0 Å². The first-order chi connectivity index (χ1) is 16.6. The predicted octanol–water partition coefficient (Wildman–Crippen LogP) is 4.63. The van der Waals surface area contributed by atoms with E-state index in [1.807, 2.05) is 12.1 Å². The van der Waals surface area contributed by atoms with Gasteiger partial charge in [-0.3, -0.25) is 14.3 Å². The van der Waals surface area contributed by atoms with Crippen LogP contribution in [0.4, 0.5) is 5.69 Å². The number of carbonyl (C=O) groups is 2. The highest BCUT2D eigenvalue weighted by Gasteiger charge is 2.28. The van der Waals surface area contributed by atoms with Crippen molar-refractivity contribution in [2.75, 3.05) is 24.4 Å². The molecule has 1 heterocycles. The van der Waals surface area contributed by atoms with Gasteiger partial charge in [-0.25, -0.2) is 8.42 Å². The van der Waals surface area contributed by atoms with Gasteiger partial charge >= 0.3 is 0 Å². The molecule has 2 amide bonds. The van der Waals surface area contributed by atoms with Crippen LogP contribution < -0.4 is 10.0 Å². The number of benzene rings is 2. The van der Waals surface area contributed by atoms with Gasteiger partial charge in [0.15, 0.2) is 0 Å². The lowest BCUT2D eigenvalue weighted by atomic mass is 9.95. The fourth-order valence-corrected chi connectivity index (χ4v) is 5.17. The topological polar surface area (TPSA) is 95.6 Å². The number of hydrogen-bond acceptors (Lipinski definition) is 4. The van der Waals surface area contributed by atoms with Crippen molar-refractivity contribution < 1.29 is 18.0 Å². The average molecular weight is 500 g/mol. The maximum Gasteiger partial charge on any atom is 0.261 e. The van der Waals surface area contributed by atoms with E-state index in [1.54, 1.807) is 41.3 Å². The molecule has 3 rings (SSSR count). The fraction of sp³-hybridized carbons (Fsp3) is 0.481. The van der Waals surface area contributed by atoms with Gasteiger partial charge in [-0.1, -0.05) is 45.9 Å². The molecule has 2 N–H and O–H groups in total. The standard InChI is InChI=1S/C27H37N3O4S/c1-19(2)12-15-28-26(31)22-13-16-30(17-14-22)27(32)23-6-5-7-24(18-23)29-35(33,34)25-10-8-21(9-11-25)20(3)4/h5-11,18-20,22,29H,12-17H2,1-4H3,(H,28,31). The third-order valence-corrected chi connectivity index (χ3v) is 7.79. The van der Waals surface area contributed by atoms with Crippen LogP contribution in [0.3, 0.4) is 0 Å². The van der Waals surface area contributed by atoms with Crippen molar-refractivity contribution in [3.05, 3.63) is 59.7 Å². The molecule has 0 aliphatic carbocycles. The van der Waals surface area contributed by atoms with Crippen molar-refractivity contribution in [3.8, 4) is 0 Å². The minimum Gasteiger partial charge on any atom is -0.356 e. The Labute approximate surface area is 209 Å². The van der Waals surface area contributed by atoms with Gasteiger partial charge in [0.1, 0.15) is 0 Å². The normalized spacial score (nSPS) is 14.9. The van der Waals surface area contributed by atoms with E-state index < -0.39 is 10.0 Å². The molecule has 2 aromatic rings. The summed E-state index contributed by atoms with van der Waals surface area (Å²) in [4.78, 5) is 27.4. The van der Waals surface area contributed by atoms with Crippen LogP contribution in [0.5, 0.6) is 0 Å². The third-order valence-electron chi connectivity index (χ3n) is 6.39. The zero-order chi connectivity index (χ0) is 25.6. The Hall–Kier alpha value is -2.87. The van der Waals surface area contributed by atoms with E-state index in [0.29, 0.717) is 55.6 Å². The second-order valence-electron chi connectivity index (χ2n) is 9.95. The van der Waals surface area contributed by atoms with Crippen LogP contribution in [0, 0.1) is 11.8 Å². The average Bonchev–Trinajstić information content (AvgIpc) is 2.83. The van der Waals surface area contributed by atoms with Gasteiger partial charge in [-0.05, 0) is 67.0 Å². The molecule has 0 spiro atoms. The van der Waals surface area contributed by atoms with Crippen molar-refractivity contribution in [1.29, 1.82) is 0 Å². The summed E-state index contributed by atoms with van der Waals surface area (Å²) in [6.45, 7) is 10.0. The molecule has 2 aromatic carbocycles. The highest BCUT2D eigenvalue weighted by Crippen LogP contribution is 2.23. The SMILES string of the molecule is CC(C)CCNC(=O)C1CCN(C(=O)c2cccc(NS(=O)(=O)c3ccc(C(C)C)cc3)c2)CC1. The van der Waals surface area contributed by atoms with Crippen molar-refractivity contribution in [2.24, 2.45) is 11.8 Å². The van der Waals surface area contributed by atoms with Gasteiger partial charge in [0.2, 0.25) is 5.91 Å². The summed E-state index contributed by atoms with van der Waals surface area (Å²) in [5.41, 5.74) is 1.82. The van der Waals surface area contributed by atoms with Crippen LogP contribution >= 0.6 is 0 Å². The van der Waals surface area contributed by atoms with Crippen molar-refractivity contribution in [2.45, 2.75) is 57.8 Å². The first-order valence-electron chi connectivity index (χ1n) is 12.4. The molecule has 1 fully saturated rings. The maximum absolute atomic E-state index is 13.1. The van der Waals surface area contributed by atoms with Crippen LogP contribution in [0.15, 0.2) is 53.4 Å². The van der Waals surface area contributed by atoms with Crippen LogP contribution in [-0.2, 0) is 14.8 Å². The Bertz CT molecular complexity index is 1120. The van der Waals surface area contributed by atoms with Gasteiger partial charge in [0.25, 0.3) is 15.9 Å². The number of amides is 2. The zero-order valence-corrected chi connectivity index (χ0v) is 21.9. The molecule has 0 aromatic heterocycles. The molecule has 35 heavy (non-hydrogen) atoms. The van der Waals surface area contributed by atoms with Gasteiger partial charge in [0, 0.05) is 36.8 Å². The zero-order valence-electron chi connectivity index (χ0n) is 21.1. The Balaban J connectivity index is 1.59. The highest BCUT2D eigenvalue weighted by atomic mass is 32.2. The fourth-order valence-electron chi connectivity index (χ4n) is 4.12. The van der Waals surface area contributed by atoms with E-state index in [4.69, 9.17) is 0 Å². The minimum atomic E-state index is -3.77. The molecule has 0 atom stereocenters. The summed E-state index contributed by atoms with van der Waals surface area (Å²) in [7, 11) is -3.77. The molecule has 0 saturated carbocycles. The number of sulfonamides is 1. The van der Waals surface area contributed by atoms with E-state index in [1.165, 1.54) is 0 Å². The molecule has 7 nitrogen and oxygen atoms in total. The summed E-state index contributed by atoms with van der Waals surface area (Å²) >= 11 is 0. The molecule has 8 heteroatoms. The number of likely N-dealkylation sites (tertiary alicyclic amines) is 1. The Morgan fingerprint density at radius 1 is 1.00 bits per heavy atom. The van der Waals surface area contributed by atoms with Crippen molar-refractivity contribution >= 4 is 27.5 Å². The summed E-state index contributed by atoms with van der Waals surface area (Å²) in [6.07, 6.45) is 2.20. The first-order valence-corrected chi connectivity index (χ1v) is 13.8. The van der Waals surface area contributed by atoms with Crippen LogP contribution in [0.25, 0.3) is 0 Å². The lowest BCUT2D eigenvalue weighted by molar-refractivity contribution is -0.126. The van der Waals surface area contributed by atoms with Gasteiger partial charge in [-0.2, -0.15) is 0 Å². The second kappa shape index (κ2) is 11.7. The molecular formula is C27H37N3O4S. The lowest BCUT2D eigenvalue weighted by Gasteiger charge is -2.31. The summed E-state index contributed by atoms with van der Waals surface area (Å²) in [5, 5.41) is 3.00. The summed E-state index contributed by atoms with van der Waals surface area (Å²) < 4.78 is 28.2. The number of nitrogens with one attached hydrogen (secondary N) is 2. The quantitative estimate of drug-likeness (QED) is 0.526. The number of rotatable bonds is 9. The number of carbonyl (C=O) groups excluding carboxylic acids is 2. The number of hydrogen-bond donors (Lipinski definition) is 2. The molecular weight excluding hydrogens is 462 g/mol. The Morgan fingerprint density at radius 3 is 2.26 bits per heavy atom.